The van der Waals surface area contributed by atoms with Crippen LogP contribution in [0, 0.1) is 11.7 Å². The topological polar surface area (TPSA) is 145 Å². The number of hydrogen-bond acceptors (Lipinski definition) is 10. The number of aromatic nitrogens is 4. The largest absolute Gasteiger partial charge is 0.385 e. The van der Waals surface area contributed by atoms with E-state index < -0.39 is 29.7 Å². The zero-order chi connectivity index (χ0) is 36.9. The van der Waals surface area contributed by atoms with Gasteiger partial charge in [-0.3, -0.25) is 29.4 Å². The van der Waals surface area contributed by atoms with Crippen molar-refractivity contribution in [1.82, 2.24) is 29.8 Å². The first-order chi connectivity index (χ1) is 26.3. The van der Waals surface area contributed by atoms with Crippen molar-refractivity contribution in [3.8, 4) is 11.4 Å². The Hall–Kier alpha value is -6.18. The first-order valence-corrected chi connectivity index (χ1v) is 18.5. The van der Waals surface area contributed by atoms with Gasteiger partial charge < -0.3 is 15.1 Å². The van der Waals surface area contributed by atoms with Crippen molar-refractivity contribution in [2.75, 3.05) is 41.3 Å². The first-order valence-electron chi connectivity index (χ1n) is 18.5. The van der Waals surface area contributed by atoms with E-state index in [4.69, 9.17) is 10.1 Å². The highest BCUT2D eigenvalue weighted by Gasteiger charge is 2.44. The number of amides is 4. The van der Waals surface area contributed by atoms with Crippen LogP contribution in [0.3, 0.4) is 0 Å². The van der Waals surface area contributed by atoms with E-state index in [1.54, 1.807) is 36.5 Å². The molecule has 14 heteroatoms. The molecule has 2 atom stereocenters. The molecular weight excluding hydrogens is 689 g/mol. The number of carbonyl (C=O) groups excluding carboxylic acids is 4. The van der Waals surface area contributed by atoms with Crippen molar-refractivity contribution in [1.29, 1.82) is 0 Å². The number of anilines is 3. The normalized spacial score (nSPS) is 20.6. The third-order valence-electron chi connectivity index (χ3n) is 11.1. The fourth-order valence-electron chi connectivity index (χ4n) is 8.24. The van der Waals surface area contributed by atoms with Crippen LogP contribution in [0.15, 0.2) is 79.0 Å². The minimum atomic E-state index is -0.988. The average molecular weight is 728 g/mol. The number of benzene rings is 2. The summed E-state index contributed by atoms with van der Waals surface area (Å²) in [7, 11) is 0. The Morgan fingerprint density at radius 2 is 1.65 bits per heavy atom. The Labute approximate surface area is 310 Å². The van der Waals surface area contributed by atoms with Crippen molar-refractivity contribution in [3.05, 3.63) is 102 Å². The third kappa shape index (κ3) is 6.10. The molecular formula is C40H38FN9O4. The molecule has 9 rings (SSSR count). The zero-order valence-corrected chi connectivity index (χ0v) is 29.5. The van der Waals surface area contributed by atoms with Crippen molar-refractivity contribution in [2.24, 2.45) is 5.92 Å². The number of nitrogens with one attached hydrogen (secondary N) is 2. The summed E-state index contributed by atoms with van der Waals surface area (Å²) >= 11 is 0. The number of pyridine rings is 1. The van der Waals surface area contributed by atoms with Crippen molar-refractivity contribution < 1.29 is 23.6 Å². The van der Waals surface area contributed by atoms with Crippen molar-refractivity contribution in [2.45, 2.75) is 50.6 Å². The molecule has 1 unspecified atom stereocenters. The summed E-state index contributed by atoms with van der Waals surface area (Å²) in [5.41, 5.74) is 4.50. The molecule has 0 bridgehead atoms. The maximum atomic E-state index is 14.1. The van der Waals surface area contributed by atoms with Gasteiger partial charge >= 0.3 is 0 Å². The van der Waals surface area contributed by atoms with Crippen LogP contribution in [0.4, 0.5) is 21.7 Å². The Morgan fingerprint density at radius 3 is 2.48 bits per heavy atom. The molecule has 0 aliphatic carbocycles. The highest BCUT2D eigenvalue weighted by Crippen LogP contribution is 2.36. The van der Waals surface area contributed by atoms with Crippen LogP contribution in [0.1, 0.15) is 70.8 Å². The molecule has 4 amide bonds. The lowest BCUT2D eigenvalue weighted by atomic mass is 9.96. The van der Waals surface area contributed by atoms with E-state index in [0.717, 1.165) is 90.1 Å². The Bertz CT molecular complexity index is 2320. The second-order valence-corrected chi connectivity index (χ2v) is 14.4. The van der Waals surface area contributed by atoms with Crippen LogP contribution in [0.5, 0.6) is 0 Å². The molecule has 0 saturated carbocycles. The van der Waals surface area contributed by atoms with Crippen LogP contribution in [-0.2, 0) is 9.59 Å². The standard InChI is InChI=1S/C40H38FN9O4/c41-26-5-1-4-25(20-26)31-7-3-17-48(31)36-13-12-34-43-23-33(50(34)46-36)30-6-2-8-35(44-30)47-18-15-24(16-19-47)22-42-27-9-10-28-29(21-27)40(54)49(39(28)53)32-11-14-37(51)45-38(32)52/h1-2,4-6,8-10,12-13,20-21,23-24,31-32,42H,3,7,11,14-19,22H2,(H,45,51,52)/t31-,32?/m1/s1. The van der Waals surface area contributed by atoms with Crippen LogP contribution in [0.25, 0.3) is 17.0 Å². The van der Waals surface area contributed by atoms with Gasteiger partial charge in [0.05, 0.1) is 29.1 Å². The lowest BCUT2D eigenvalue weighted by molar-refractivity contribution is -0.136. The summed E-state index contributed by atoms with van der Waals surface area (Å²) in [6, 6.07) is 20.9. The molecule has 2 aromatic carbocycles. The van der Waals surface area contributed by atoms with Gasteiger partial charge in [0.1, 0.15) is 29.2 Å². The van der Waals surface area contributed by atoms with E-state index in [1.165, 1.54) is 6.07 Å². The van der Waals surface area contributed by atoms with Gasteiger partial charge in [-0.05, 0) is 98.2 Å². The number of carbonyl (C=O) groups is 4. The fourth-order valence-corrected chi connectivity index (χ4v) is 8.24. The van der Waals surface area contributed by atoms with Gasteiger partial charge in [0.15, 0.2) is 5.65 Å². The van der Waals surface area contributed by atoms with E-state index in [9.17, 15) is 23.6 Å². The molecule has 13 nitrogen and oxygen atoms in total. The van der Waals surface area contributed by atoms with Crippen molar-refractivity contribution >= 4 is 46.6 Å². The highest BCUT2D eigenvalue weighted by molar-refractivity contribution is 6.23. The number of imide groups is 2. The maximum absolute atomic E-state index is 14.1. The molecule has 0 radical (unpaired) electrons. The lowest BCUT2D eigenvalue weighted by Crippen LogP contribution is -2.54. The van der Waals surface area contributed by atoms with E-state index in [-0.39, 0.29) is 35.8 Å². The van der Waals surface area contributed by atoms with Gasteiger partial charge in [-0.2, -0.15) is 0 Å². The zero-order valence-electron chi connectivity index (χ0n) is 29.5. The summed E-state index contributed by atoms with van der Waals surface area (Å²) in [6.07, 6.45) is 5.81. The number of nitrogens with zero attached hydrogens (tertiary/aromatic N) is 7. The minimum Gasteiger partial charge on any atom is -0.385 e. The highest BCUT2D eigenvalue weighted by atomic mass is 19.1. The average Bonchev–Trinajstić information content (AvgIpc) is 3.91. The molecule has 5 aromatic rings. The van der Waals surface area contributed by atoms with Gasteiger partial charge in [-0.1, -0.05) is 18.2 Å². The molecule has 274 valence electrons. The number of halogens is 1. The monoisotopic (exact) mass is 727 g/mol. The summed E-state index contributed by atoms with van der Waals surface area (Å²) in [5, 5.41) is 10.7. The second kappa shape index (κ2) is 13.7. The molecule has 7 heterocycles. The Morgan fingerprint density at radius 1 is 0.815 bits per heavy atom. The molecule has 2 N–H and O–H groups in total. The quantitative estimate of drug-likeness (QED) is 0.210. The van der Waals surface area contributed by atoms with Crippen molar-refractivity contribution in [3.63, 3.8) is 0 Å². The van der Waals surface area contributed by atoms with Crippen LogP contribution in [-0.4, -0.2) is 80.3 Å². The SMILES string of the molecule is O=C1CCC(N2C(=O)c3ccc(NCC4CCN(c5cccc(-c6cnc7ccc(N8CCC[C@@H]8c8cccc(F)c8)nn67)n5)CC4)cc3C2=O)C(=O)N1. The van der Waals surface area contributed by atoms with Crippen LogP contribution < -0.4 is 20.4 Å². The Kier molecular flexibility index (Phi) is 8.51. The molecule has 4 aliphatic heterocycles. The van der Waals surface area contributed by atoms with Gasteiger partial charge in [-0.15, -0.1) is 5.10 Å². The molecule has 3 aromatic heterocycles. The predicted molar refractivity (Wildman–Crippen MR) is 198 cm³/mol. The van der Waals surface area contributed by atoms with Gasteiger partial charge in [0.25, 0.3) is 11.8 Å². The number of imidazole rings is 1. The smallest absolute Gasteiger partial charge is 0.262 e. The molecule has 0 spiro atoms. The summed E-state index contributed by atoms with van der Waals surface area (Å²) in [4.78, 5) is 65.5. The first kappa shape index (κ1) is 33.6. The summed E-state index contributed by atoms with van der Waals surface area (Å²) in [6.45, 7) is 3.19. The van der Waals surface area contributed by atoms with Gasteiger partial charge in [-0.25, -0.2) is 18.9 Å². The molecule has 4 aliphatic rings. The molecule has 3 fully saturated rings. The molecule has 54 heavy (non-hydrogen) atoms. The summed E-state index contributed by atoms with van der Waals surface area (Å²) in [5.74, 6) is -0.196. The van der Waals surface area contributed by atoms with Crippen LogP contribution in [0.2, 0.25) is 0 Å². The van der Waals surface area contributed by atoms with E-state index in [2.05, 4.69) is 25.4 Å². The van der Waals surface area contributed by atoms with E-state index in [0.29, 0.717) is 12.5 Å². The van der Waals surface area contributed by atoms with E-state index in [1.807, 2.05) is 40.9 Å². The maximum Gasteiger partial charge on any atom is 0.262 e. The third-order valence-corrected chi connectivity index (χ3v) is 11.1. The predicted octanol–water partition coefficient (Wildman–Crippen LogP) is 5.00. The van der Waals surface area contributed by atoms with Gasteiger partial charge in [0, 0.05) is 38.3 Å². The lowest BCUT2D eigenvalue weighted by Gasteiger charge is -2.33. The van der Waals surface area contributed by atoms with E-state index >= 15 is 0 Å². The number of rotatable bonds is 8. The summed E-state index contributed by atoms with van der Waals surface area (Å²) < 4.78 is 15.9. The Balaban J connectivity index is 0.842. The fraction of sp³-hybridized carbons (Fsp3) is 0.325. The number of piperidine rings is 2. The second-order valence-electron chi connectivity index (χ2n) is 14.4. The molecule has 3 saturated heterocycles. The number of hydrogen-bond donors (Lipinski definition) is 2. The number of fused-ring (bicyclic) bond motifs is 2. The van der Waals surface area contributed by atoms with Gasteiger partial charge in [0.2, 0.25) is 11.8 Å². The minimum absolute atomic E-state index is 0.0540. The van der Waals surface area contributed by atoms with Crippen LogP contribution >= 0.6 is 0 Å².